The summed E-state index contributed by atoms with van der Waals surface area (Å²) in [6.07, 6.45) is 0. The van der Waals surface area contributed by atoms with Crippen LogP contribution in [0.15, 0.2) is 72.4 Å². The Morgan fingerprint density at radius 1 is 0.875 bits per heavy atom. The molecule has 5 nitrogen and oxygen atoms in total. The first kappa shape index (κ1) is 21.5. The Bertz CT molecular complexity index is 1260. The first-order valence-electron chi connectivity index (χ1n) is 9.64. The minimum absolute atomic E-state index is 0.0430. The van der Waals surface area contributed by atoms with Gasteiger partial charge in [-0.05, 0) is 48.0 Å². The van der Waals surface area contributed by atoms with Gasteiger partial charge in [-0.2, -0.15) is 0 Å². The van der Waals surface area contributed by atoms with Gasteiger partial charge in [0, 0.05) is 36.6 Å². The number of halogens is 3. The first-order chi connectivity index (χ1) is 15.3. The van der Waals surface area contributed by atoms with Crippen LogP contribution in [-0.4, -0.2) is 25.9 Å². The van der Waals surface area contributed by atoms with Crippen molar-refractivity contribution >= 4 is 46.1 Å². The number of amides is 2. The molecule has 1 heterocycles. The van der Waals surface area contributed by atoms with Crippen LogP contribution in [0.4, 0.5) is 25.8 Å². The lowest BCUT2D eigenvalue weighted by molar-refractivity contribution is -0.120. The number of anilines is 3. The molecule has 0 aliphatic carbocycles. The van der Waals surface area contributed by atoms with Gasteiger partial charge in [-0.3, -0.25) is 9.59 Å². The van der Waals surface area contributed by atoms with Gasteiger partial charge in [0.15, 0.2) is 11.6 Å². The third-order valence-corrected chi connectivity index (χ3v) is 5.26. The van der Waals surface area contributed by atoms with Crippen LogP contribution in [0.2, 0.25) is 5.02 Å². The largest absolute Gasteiger partial charge is 0.378 e. The summed E-state index contributed by atoms with van der Waals surface area (Å²) in [7, 11) is 3.69. The van der Waals surface area contributed by atoms with E-state index in [0.29, 0.717) is 16.3 Å². The predicted octanol–water partition coefficient (Wildman–Crippen LogP) is 5.08. The summed E-state index contributed by atoms with van der Waals surface area (Å²) in [6.45, 7) is 0. The van der Waals surface area contributed by atoms with Crippen molar-refractivity contribution in [2.45, 2.75) is 0 Å². The lowest BCUT2D eigenvalue weighted by Gasteiger charge is -2.19. The second-order valence-electron chi connectivity index (χ2n) is 7.37. The molecule has 4 rings (SSSR count). The molecule has 8 heteroatoms. The fourth-order valence-corrected chi connectivity index (χ4v) is 3.52. The van der Waals surface area contributed by atoms with Crippen molar-refractivity contribution in [1.82, 2.24) is 0 Å². The zero-order valence-electron chi connectivity index (χ0n) is 17.2. The average Bonchev–Trinajstić information content (AvgIpc) is 3.01. The zero-order valence-corrected chi connectivity index (χ0v) is 18.0. The number of nitrogens with zero attached hydrogens (tertiary/aromatic N) is 2. The van der Waals surface area contributed by atoms with E-state index in [9.17, 15) is 18.4 Å². The minimum atomic E-state index is -1.07. The van der Waals surface area contributed by atoms with Crippen LogP contribution in [0.1, 0.15) is 5.56 Å². The molecule has 0 saturated carbocycles. The number of imide groups is 1. The van der Waals surface area contributed by atoms with Crippen LogP contribution in [0, 0.1) is 11.6 Å². The van der Waals surface area contributed by atoms with Crippen LogP contribution in [0.3, 0.4) is 0 Å². The van der Waals surface area contributed by atoms with Gasteiger partial charge in [-0.1, -0.05) is 29.8 Å². The third kappa shape index (κ3) is 3.94. The SMILES string of the molecule is CN(C)c1cccc(N2C(=O)C(Nc3ccc(F)c(F)c3)=C(c3ccc(Cl)cc3)C2=O)c1. The Kier molecular flexibility index (Phi) is 5.67. The van der Waals surface area contributed by atoms with Crippen molar-refractivity contribution < 1.29 is 18.4 Å². The maximum atomic E-state index is 13.7. The summed E-state index contributed by atoms with van der Waals surface area (Å²) in [5, 5.41) is 3.28. The summed E-state index contributed by atoms with van der Waals surface area (Å²) >= 11 is 5.98. The van der Waals surface area contributed by atoms with E-state index in [1.54, 1.807) is 42.5 Å². The Hall–Kier alpha value is -3.71. The lowest BCUT2D eigenvalue weighted by Crippen LogP contribution is -2.32. The van der Waals surface area contributed by atoms with E-state index in [2.05, 4.69) is 5.32 Å². The van der Waals surface area contributed by atoms with Gasteiger partial charge in [0.25, 0.3) is 11.8 Å². The molecule has 32 heavy (non-hydrogen) atoms. The summed E-state index contributed by atoms with van der Waals surface area (Å²) < 4.78 is 27.1. The highest BCUT2D eigenvalue weighted by Gasteiger charge is 2.40. The van der Waals surface area contributed by atoms with Crippen molar-refractivity contribution in [3.63, 3.8) is 0 Å². The van der Waals surface area contributed by atoms with Crippen LogP contribution in [0.25, 0.3) is 5.57 Å². The van der Waals surface area contributed by atoms with Crippen molar-refractivity contribution in [2.75, 3.05) is 29.2 Å². The Balaban J connectivity index is 1.82. The van der Waals surface area contributed by atoms with Gasteiger partial charge in [0.2, 0.25) is 0 Å². The first-order valence-corrected chi connectivity index (χ1v) is 10.0. The van der Waals surface area contributed by atoms with Crippen LogP contribution in [-0.2, 0) is 9.59 Å². The maximum absolute atomic E-state index is 13.7. The van der Waals surface area contributed by atoms with E-state index in [4.69, 9.17) is 11.6 Å². The van der Waals surface area contributed by atoms with Crippen LogP contribution >= 0.6 is 11.6 Å². The van der Waals surface area contributed by atoms with Gasteiger partial charge in [0.1, 0.15) is 5.70 Å². The van der Waals surface area contributed by atoms with E-state index in [1.165, 1.54) is 6.07 Å². The summed E-state index contributed by atoms with van der Waals surface area (Å²) in [4.78, 5) is 29.7. The van der Waals surface area contributed by atoms with Crippen LogP contribution in [0.5, 0.6) is 0 Å². The van der Waals surface area contributed by atoms with Crippen molar-refractivity contribution in [2.24, 2.45) is 0 Å². The van der Waals surface area contributed by atoms with Gasteiger partial charge in [-0.15, -0.1) is 0 Å². The highest BCUT2D eigenvalue weighted by atomic mass is 35.5. The molecule has 0 aromatic heterocycles. The number of carbonyl (C=O) groups is 2. The Morgan fingerprint density at radius 3 is 2.25 bits per heavy atom. The van der Waals surface area contributed by atoms with Crippen molar-refractivity contribution in [3.8, 4) is 0 Å². The van der Waals surface area contributed by atoms with Crippen molar-refractivity contribution in [1.29, 1.82) is 0 Å². The van der Waals surface area contributed by atoms with E-state index in [0.717, 1.165) is 22.7 Å². The maximum Gasteiger partial charge on any atom is 0.282 e. The molecule has 0 spiro atoms. The molecule has 0 unspecified atom stereocenters. The van der Waals surface area contributed by atoms with E-state index in [1.807, 2.05) is 25.1 Å². The highest BCUT2D eigenvalue weighted by Crippen LogP contribution is 2.35. The molecule has 1 aliphatic rings. The third-order valence-electron chi connectivity index (χ3n) is 5.01. The lowest BCUT2D eigenvalue weighted by atomic mass is 10.0. The fourth-order valence-electron chi connectivity index (χ4n) is 3.39. The van der Waals surface area contributed by atoms with Gasteiger partial charge in [-0.25, -0.2) is 13.7 Å². The molecule has 2 amide bonds. The van der Waals surface area contributed by atoms with E-state index < -0.39 is 23.4 Å². The molecule has 3 aromatic rings. The number of hydrogen-bond acceptors (Lipinski definition) is 4. The molecule has 0 atom stereocenters. The van der Waals surface area contributed by atoms with E-state index in [-0.39, 0.29) is 17.0 Å². The Morgan fingerprint density at radius 2 is 1.59 bits per heavy atom. The highest BCUT2D eigenvalue weighted by molar-refractivity contribution is 6.46. The molecule has 0 saturated heterocycles. The van der Waals surface area contributed by atoms with Gasteiger partial charge in [0.05, 0.1) is 11.3 Å². The van der Waals surface area contributed by atoms with Crippen LogP contribution < -0.4 is 15.1 Å². The van der Waals surface area contributed by atoms with Gasteiger partial charge < -0.3 is 10.2 Å². The average molecular weight is 454 g/mol. The molecular weight excluding hydrogens is 436 g/mol. The molecular formula is C24H18ClF2N3O2. The molecule has 0 radical (unpaired) electrons. The molecule has 0 bridgehead atoms. The summed E-state index contributed by atoms with van der Waals surface area (Å²) in [5.74, 6) is -3.24. The normalized spacial score (nSPS) is 13.7. The number of nitrogens with one attached hydrogen (secondary N) is 1. The standard InChI is InChI=1S/C24H18ClF2N3O2/c1-29(2)17-4-3-5-18(13-17)30-23(31)21(14-6-8-15(25)9-7-14)22(24(30)32)28-16-10-11-19(26)20(27)12-16/h3-13,28H,1-2H3. The monoisotopic (exact) mass is 453 g/mol. The number of benzene rings is 3. The topological polar surface area (TPSA) is 52.6 Å². The minimum Gasteiger partial charge on any atom is -0.378 e. The Labute approximate surface area is 188 Å². The van der Waals surface area contributed by atoms with Gasteiger partial charge >= 0.3 is 0 Å². The predicted molar refractivity (Wildman–Crippen MR) is 122 cm³/mol. The molecule has 1 N–H and O–H groups in total. The number of rotatable bonds is 5. The van der Waals surface area contributed by atoms with Crippen molar-refractivity contribution in [3.05, 3.63) is 94.6 Å². The molecule has 3 aromatic carbocycles. The van der Waals surface area contributed by atoms with E-state index >= 15 is 0 Å². The second kappa shape index (κ2) is 8.43. The summed E-state index contributed by atoms with van der Waals surface area (Å²) in [5.41, 5.74) is 1.85. The number of carbonyl (C=O) groups excluding carboxylic acids is 2. The smallest absolute Gasteiger partial charge is 0.282 e. The fraction of sp³-hybridized carbons (Fsp3) is 0.0833. The zero-order chi connectivity index (χ0) is 23.0. The second-order valence-corrected chi connectivity index (χ2v) is 7.81. The molecule has 162 valence electrons. The quantitative estimate of drug-likeness (QED) is 0.547. The molecule has 0 fully saturated rings. The summed E-state index contributed by atoms with van der Waals surface area (Å²) in [6, 6.07) is 16.6. The molecule has 1 aliphatic heterocycles. The number of hydrogen-bond donors (Lipinski definition) is 1.